The quantitative estimate of drug-likeness (QED) is 0.653. The lowest BCUT2D eigenvalue weighted by molar-refractivity contribution is 0.460. The number of nitrogens with zero attached hydrogens (tertiary/aromatic N) is 3. The summed E-state index contributed by atoms with van der Waals surface area (Å²) in [5, 5.41) is 1.78. The zero-order valence-electron chi connectivity index (χ0n) is 11.7. The SMILES string of the molecule is CN(C)C(N)=NCC1CCN(S(=O)(=O)c2cccs2)C1. The summed E-state index contributed by atoms with van der Waals surface area (Å²) in [6.45, 7) is 1.65. The van der Waals surface area contributed by atoms with Gasteiger partial charge in [-0.2, -0.15) is 4.31 Å². The van der Waals surface area contributed by atoms with Crippen LogP contribution in [0.2, 0.25) is 0 Å². The summed E-state index contributed by atoms with van der Waals surface area (Å²) < 4.78 is 26.7. The van der Waals surface area contributed by atoms with E-state index in [2.05, 4.69) is 4.99 Å². The minimum Gasteiger partial charge on any atom is -0.370 e. The Morgan fingerprint density at radius 1 is 1.60 bits per heavy atom. The molecule has 2 heterocycles. The van der Waals surface area contributed by atoms with Crippen molar-refractivity contribution in [1.29, 1.82) is 0 Å². The number of hydrogen-bond acceptors (Lipinski definition) is 4. The molecule has 1 aliphatic heterocycles. The third-order valence-corrected chi connectivity index (χ3v) is 6.55. The molecule has 0 radical (unpaired) electrons. The smallest absolute Gasteiger partial charge is 0.252 e. The number of sulfonamides is 1. The summed E-state index contributed by atoms with van der Waals surface area (Å²) in [4.78, 5) is 6.03. The van der Waals surface area contributed by atoms with E-state index in [4.69, 9.17) is 5.73 Å². The van der Waals surface area contributed by atoms with Crippen molar-refractivity contribution < 1.29 is 8.42 Å². The molecule has 1 unspecified atom stereocenters. The van der Waals surface area contributed by atoms with Crippen molar-refractivity contribution in [3.63, 3.8) is 0 Å². The molecule has 0 spiro atoms. The van der Waals surface area contributed by atoms with Crippen LogP contribution >= 0.6 is 11.3 Å². The Morgan fingerprint density at radius 3 is 2.95 bits per heavy atom. The summed E-state index contributed by atoms with van der Waals surface area (Å²) in [7, 11) is 0.347. The van der Waals surface area contributed by atoms with Gasteiger partial charge in [0.25, 0.3) is 10.0 Å². The molecule has 1 aromatic heterocycles. The standard InChI is InChI=1S/C12H20N4O2S2/c1-15(2)12(13)14-8-10-5-6-16(9-10)20(17,18)11-4-3-7-19-11/h3-4,7,10H,5-6,8-9H2,1-2H3,(H2,13,14). The summed E-state index contributed by atoms with van der Waals surface area (Å²) in [5.41, 5.74) is 5.74. The third-order valence-electron chi connectivity index (χ3n) is 3.31. The van der Waals surface area contributed by atoms with Gasteiger partial charge in [-0.25, -0.2) is 8.42 Å². The summed E-state index contributed by atoms with van der Waals surface area (Å²) >= 11 is 1.26. The van der Waals surface area contributed by atoms with E-state index in [1.807, 2.05) is 14.1 Å². The lowest BCUT2D eigenvalue weighted by Crippen LogP contribution is -2.31. The average molecular weight is 316 g/mol. The molecule has 112 valence electrons. The van der Waals surface area contributed by atoms with Crippen molar-refractivity contribution in [3.8, 4) is 0 Å². The number of nitrogens with two attached hydrogens (primary N) is 1. The van der Waals surface area contributed by atoms with Crippen LogP contribution < -0.4 is 5.73 Å². The van der Waals surface area contributed by atoms with E-state index in [0.29, 0.717) is 29.8 Å². The number of thiophene rings is 1. The second-order valence-corrected chi connectivity index (χ2v) is 8.16. The highest BCUT2D eigenvalue weighted by Crippen LogP contribution is 2.26. The molecule has 1 aromatic rings. The van der Waals surface area contributed by atoms with Crippen LogP contribution in [0.1, 0.15) is 6.42 Å². The van der Waals surface area contributed by atoms with Crippen molar-refractivity contribution >= 4 is 27.3 Å². The van der Waals surface area contributed by atoms with Gasteiger partial charge in [-0.05, 0) is 23.8 Å². The first-order chi connectivity index (χ1) is 9.41. The van der Waals surface area contributed by atoms with Crippen LogP contribution in [0, 0.1) is 5.92 Å². The highest BCUT2D eigenvalue weighted by atomic mass is 32.2. The van der Waals surface area contributed by atoms with Crippen LogP contribution in [0.25, 0.3) is 0 Å². The maximum atomic E-state index is 12.4. The molecule has 2 N–H and O–H groups in total. The van der Waals surface area contributed by atoms with Crippen molar-refractivity contribution in [2.24, 2.45) is 16.6 Å². The molecule has 0 aliphatic carbocycles. The highest BCUT2D eigenvalue weighted by molar-refractivity contribution is 7.91. The number of aliphatic imine (C=N–C) groups is 1. The van der Waals surface area contributed by atoms with Crippen molar-refractivity contribution in [3.05, 3.63) is 17.5 Å². The molecule has 6 nitrogen and oxygen atoms in total. The van der Waals surface area contributed by atoms with Crippen LogP contribution in [0.5, 0.6) is 0 Å². The fourth-order valence-corrected chi connectivity index (χ4v) is 4.74. The van der Waals surface area contributed by atoms with Gasteiger partial charge < -0.3 is 10.6 Å². The Labute approximate surface area is 124 Å². The van der Waals surface area contributed by atoms with E-state index in [9.17, 15) is 8.42 Å². The molecule has 1 fully saturated rings. The first-order valence-electron chi connectivity index (χ1n) is 6.42. The fourth-order valence-electron chi connectivity index (χ4n) is 2.07. The Morgan fingerprint density at radius 2 is 2.35 bits per heavy atom. The van der Waals surface area contributed by atoms with Gasteiger partial charge in [0.05, 0.1) is 0 Å². The van der Waals surface area contributed by atoms with E-state index in [-0.39, 0.29) is 5.92 Å². The van der Waals surface area contributed by atoms with E-state index in [1.165, 1.54) is 11.3 Å². The zero-order chi connectivity index (χ0) is 14.8. The lowest BCUT2D eigenvalue weighted by atomic mass is 10.1. The topological polar surface area (TPSA) is 79.0 Å². The van der Waals surface area contributed by atoms with Gasteiger partial charge in [-0.1, -0.05) is 6.07 Å². The van der Waals surface area contributed by atoms with Crippen LogP contribution in [0.15, 0.2) is 26.7 Å². The first-order valence-corrected chi connectivity index (χ1v) is 8.74. The molecule has 0 amide bonds. The predicted molar refractivity (Wildman–Crippen MR) is 81.4 cm³/mol. The Bertz CT molecular complexity index is 566. The predicted octanol–water partition coefficient (Wildman–Crippen LogP) is 0.635. The first kappa shape index (κ1) is 15.3. The molecule has 20 heavy (non-hydrogen) atoms. The molecular weight excluding hydrogens is 296 g/mol. The van der Waals surface area contributed by atoms with E-state index < -0.39 is 10.0 Å². The van der Waals surface area contributed by atoms with Crippen LogP contribution in [0.3, 0.4) is 0 Å². The Balaban J connectivity index is 1.98. The van der Waals surface area contributed by atoms with Crippen LogP contribution in [-0.2, 0) is 10.0 Å². The van der Waals surface area contributed by atoms with Crippen LogP contribution in [0.4, 0.5) is 0 Å². The average Bonchev–Trinajstić information content (AvgIpc) is 3.07. The second kappa shape index (κ2) is 6.11. The number of hydrogen-bond donors (Lipinski definition) is 1. The largest absolute Gasteiger partial charge is 0.370 e. The molecule has 8 heteroatoms. The van der Waals surface area contributed by atoms with Gasteiger partial charge in [0.1, 0.15) is 4.21 Å². The number of guanidine groups is 1. The molecular formula is C12H20N4O2S2. The normalized spacial score (nSPS) is 21.3. The molecule has 0 aromatic carbocycles. The third kappa shape index (κ3) is 3.31. The maximum absolute atomic E-state index is 12.4. The van der Waals surface area contributed by atoms with E-state index in [0.717, 1.165) is 6.42 Å². The molecule has 0 bridgehead atoms. The molecule has 1 saturated heterocycles. The van der Waals surface area contributed by atoms with E-state index in [1.54, 1.807) is 26.7 Å². The van der Waals surface area contributed by atoms with Gasteiger partial charge in [0, 0.05) is 33.7 Å². The van der Waals surface area contributed by atoms with Crippen molar-refractivity contribution in [1.82, 2.24) is 9.21 Å². The zero-order valence-corrected chi connectivity index (χ0v) is 13.3. The maximum Gasteiger partial charge on any atom is 0.252 e. The highest BCUT2D eigenvalue weighted by Gasteiger charge is 2.32. The molecule has 2 rings (SSSR count). The molecule has 1 atom stereocenters. The van der Waals surface area contributed by atoms with Crippen LogP contribution in [-0.4, -0.2) is 57.3 Å². The summed E-state index contributed by atoms with van der Waals surface area (Å²) in [5.74, 6) is 0.716. The van der Waals surface area contributed by atoms with E-state index >= 15 is 0 Å². The lowest BCUT2D eigenvalue weighted by Gasteiger charge is -2.15. The van der Waals surface area contributed by atoms with Gasteiger partial charge >= 0.3 is 0 Å². The molecule has 1 aliphatic rings. The number of rotatable bonds is 4. The Kier molecular flexibility index (Phi) is 4.66. The Hall–Kier alpha value is -1.12. The fraction of sp³-hybridized carbons (Fsp3) is 0.583. The monoisotopic (exact) mass is 316 g/mol. The minimum atomic E-state index is -3.32. The van der Waals surface area contributed by atoms with Gasteiger partial charge in [0.15, 0.2) is 5.96 Å². The van der Waals surface area contributed by atoms with Crippen molar-refractivity contribution in [2.45, 2.75) is 10.6 Å². The van der Waals surface area contributed by atoms with Gasteiger partial charge in [0.2, 0.25) is 0 Å². The molecule has 0 saturated carbocycles. The second-order valence-electron chi connectivity index (χ2n) is 5.04. The minimum absolute atomic E-state index is 0.239. The van der Waals surface area contributed by atoms with Gasteiger partial charge in [-0.15, -0.1) is 11.3 Å². The summed E-state index contributed by atoms with van der Waals surface area (Å²) in [6.07, 6.45) is 0.828. The van der Waals surface area contributed by atoms with Gasteiger partial charge in [-0.3, -0.25) is 4.99 Å². The summed E-state index contributed by atoms with van der Waals surface area (Å²) in [6, 6.07) is 3.41. The van der Waals surface area contributed by atoms with Crippen molar-refractivity contribution in [2.75, 3.05) is 33.7 Å².